The van der Waals surface area contributed by atoms with E-state index in [2.05, 4.69) is 0 Å². The van der Waals surface area contributed by atoms with Crippen LogP contribution in [0.5, 0.6) is 11.5 Å². The number of ether oxygens (including phenoxy) is 2. The van der Waals surface area contributed by atoms with Crippen molar-refractivity contribution in [2.45, 2.75) is 39.4 Å². The molecular weight excluding hydrogens is 432 g/mol. The van der Waals surface area contributed by atoms with Crippen LogP contribution in [0.2, 0.25) is 0 Å². The number of amides is 2. The van der Waals surface area contributed by atoms with E-state index in [-0.39, 0.29) is 37.0 Å². The van der Waals surface area contributed by atoms with Gasteiger partial charge in [0, 0.05) is 11.6 Å². The third kappa shape index (κ3) is 2.92. The zero-order valence-electron chi connectivity index (χ0n) is 19.4. The number of fused-ring (bicyclic) bond motifs is 6. The van der Waals surface area contributed by atoms with Crippen molar-refractivity contribution in [1.82, 2.24) is 9.80 Å². The number of imide groups is 1. The summed E-state index contributed by atoms with van der Waals surface area (Å²) in [5.41, 5.74) is 2.13. The number of nitrogens with zero attached hydrogens (tertiary/aromatic N) is 2. The molecule has 7 heteroatoms. The fourth-order valence-corrected chi connectivity index (χ4v) is 5.74. The summed E-state index contributed by atoms with van der Waals surface area (Å²) in [6.07, 6.45) is 3.86. The topological polar surface area (TPSA) is 76.1 Å². The second kappa shape index (κ2) is 7.19. The molecule has 4 aliphatic heterocycles. The van der Waals surface area contributed by atoms with E-state index in [9.17, 15) is 14.4 Å². The molecule has 0 aliphatic carbocycles. The molecule has 0 radical (unpaired) electrons. The van der Waals surface area contributed by atoms with Crippen molar-refractivity contribution in [3.8, 4) is 11.5 Å². The zero-order chi connectivity index (χ0) is 23.8. The Balaban J connectivity index is 1.41. The molecule has 0 saturated carbocycles. The van der Waals surface area contributed by atoms with E-state index in [4.69, 9.17) is 9.47 Å². The highest BCUT2D eigenvalue weighted by Gasteiger charge is 2.64. The minimum Gasteiger partial charge on any atom is -0.454 e. The number of likely N-dealkylation sites (tertiary alicyclic amines) is 1. The van der Waals surface area contributed by atoms with Crippen LogP contribution in [0.1, 0.15) is 43.5 Å². The van der Waals surface area contributed by atoms with Gasteiger partial charge in [-0.15, -0.1) is 0 Å². The van der Waals surface area contributed by atoms with Crippen molar-refractivity contribution in [2.24, 2.45) is 17.3 Å². The van der Waals surface area contributed by atoms with Crippen LogP contribution in [0.3, 0.4) is 0 Å². The summed E-state index contributed by atoms with van der Waals surface area (Å²) in [6.45, 7) is 5.90. The fourth-order valence-electron chi connectivity index (χ4n) is 5.74. The van der Waals surface area contributed by atoms with Gasteiger partial charge in [0.25, 0.3) is 0 Å². The van der Waals surface area contributed by atoms with Gasteiger partial charge in [-0.3, -0.25) is 19.3 Å². The number of rotatable bonds is 3. The summed E-state index contributed by atoms with van der Waals surface area (Å²) in [4.78, 5) is 44.5. The normalized spacial score (nSPS) is 26.6. The van der Waals surface area contributed by atoms with Crippen LogP contribution in [-0.4, -0.2) is 40.2 Å². The number of carbonyl (C=O) groups excluding carboxylic acids is 3. The fraction of sp³-hybridized carbons (Fsp3) is 0.370. The maximum absolute atomic E-state index is 13.8. The van der Waals surface area contributed by atoms with Crippen molar-refractivity contribution in [1.29, 1.82) is 0 Å². The molecule has 4 heterocycles. The van der Waals surface area contributed by atoms with Crippen molar-refractivity contribution < 1.29 is 23.9 Å². The Hall–Kier alpha value is -3.61. The summed E-state index contributed by atoms with van der Waals surface area (Å²) in [5, 5.41) is 0. The van der Waals surface area contributed by atoms with Crippen LogP contribution in [0.4, 0.5) is 0 Å². The molecule has 6 rings (SSSR count). The maximum atomic E-state index is 13.8. The van der Waals surface area contributed by atoms with Crippen molar-refractivity contribution in [3.63, 3.8) is 0 Å². The standard InChI is InChI=1S/C27H26N2O5/c1-27(2,3)24(30)23-21-20(22-17-7-5-4-6-16(17)10-11-28(22)23)25(31)29(26(21)32)13-15-8-9-18-19(12-15)34-14-33-18/h4-12,20-23H,13-14H2,1-3H3/t20-,21+,22?,23-/m0/s1. The molecular formula is C27H26N2O5. The first-order chi connectivity index (χ1) is 16.3. The highest BCUT2D eigenvalue weighted by Crippen LogP contribution is 2.53. The van der Waals surface area contributed by atoms with Crippen LogP contribution in [0, 0.1) is 17.3 Å². The van der Waals surface area contributed by atoms with Gasteiger partial charge in [0.1, 0.15) is 6.04 Å². The minimum atomic E-state index is -0.714. The molecule has 2 amide bonds. The maximum Gasteiger partial charge on any atom is 0.236 e. The number of Topliss-reactive ketones (excluding diaryl/α,β-unsaturated/α-hetero) is 1. The highest BCUT2D eigenvalue weighted by atomic mass is 16.7. The van der Waals surface area contributed by atoms with Crippen LogP contribution in [0.15, 0.2) is 48.7 Å². The molecule has 0 aromatic heterocycles. The molecule has 0 N–H and O–H groups in total. The van der Waals surface area contributed by atoms with Gasteiger partial charge in [0.15, 0.2) is 17.3 Å². The Kier molecular flexibility index (Phi) is 4.43. The molecule has 2 saturated heterocycles. The van der Waals surface area contributed by atoms with E-state index in [1.807, 2.05) is 68.3 Å². The number of benzene rings is 2. The van der Waals surface area contributed by atoms with Crippen molar-refractivity contribution >= 4 is 23.7 Å². The molecule has 2 fully saturated rings. The SMILES string of the molecule is CC(C)(C)C(=O)[C@@H]1[C@@H]2C(=O)N(Cc3ccc4c(c3)OCO4)C(=O)[C@@H]2C2c3ccccc3C=CN21. The van der Waals surface area contributed by atoms with Gasteiger partial charge in [0.05, 0.1) is 24.4 Å². The van der Waals surface area contributed by atoms with E-state index in [0.717, 1.165) is 16.7 Å². The summed E-state index contributed by atoms with van der Waals surface area (Å²) >= 11 is 0. The second-order valence-electron chi connectivity index (χ2n) is 10.4. The number of hydrogen-bond acceptors (Lipinski definition) is 6. The third-order valence-corrected chi connectivity index (χ3v) is 7.34. The number of carbonyl (C=O) groups is 3. The quantitative estimate of drug-likeness (QED) is 0.655. The lowest BCUT2D eigenvalue weighted by Crippen LogP contribution is -2.47. The average molecular weight is 459 g/mol. The van der Waals surface area contributed by atoms with Crippen LogP contribution in [-0.2, 0) is 20.9 Å². The van der Waals surface area contributed by atoms with Crippen LogP contribution < -0.4 is 9.47 Å². The first-order valence-electron chi connectivity index (χ1n) is 11.6. The van der Waals surface area contributed by atoms with Gasteiger partial charge in [-0.1, -0.05) is 51.1 Å². The molecule has 0 bridgehead atoms. The molecule has 4 atom stereocenters. The molecule has 2 aromatic carbocycles. The first-order valence-corrected chi connectivity index (χ1v) is 11.6. The van der Waals surface area contributed by atoms with Gasteiger partial charge in [0.2, 0.25) is 18.6 Å². The van der Waals surface area contributed by atoms with E-state index in [0.29, 0.717) is 11.5 Å². The lowest BCUT2D eigenvalue weighted by Gasteiger charge is -2.37. The largest absolute Gasteiger partial charge is 0.454 e. The van der Waals surface area contributed by atoms with E-state index in [1.165, 1.54) is 4.90 Å². The van der Waals surface area contributed by atoms with E-state index in [1.54, 1.807) is 12.1 Å². The second-order valence-corrected chi connectivity index (χ2v) is 10.4. The smallest absolute Gasteiger partial charge is 0.236 e. The lowest BCUT2D eigenvalue weighted by molar-refractivity contribution is -0.144. The Morgan fingerprint density at radius 1 is 1.00 bits per heavy atom. The van der Waals surface area contributed by atoms with Crippen LogP contribution >= 0.6 is 0 Å². The first kappa shape index (κ1) is 21.0. The summed E-state index contributed by atoms with van der Waals surface area (Å²) in [7, 11) is 0. The van der Waals surface area contributed by atoms with Gasteiger partial charge in [-0.25, -0.2) is 0 Å². The Morgan fingerprint density at radius 3 is 2.53 bits per heavy atom. The van der Waals surface area contributed by atoms with Gasteiger partial charge in [-0.2, -0.15) is 0 Å². The van der Waals surface area contributed by atoms with Crippen molar-refractivity contribution in [2.75, 3.05) is 6.79 Å². The Morgan fingerprint density at radius 2 is 1.74 bits per heavy atom. The Labute approximate surface area is 197 Å². The third-order valence-electron chi connectivity index (χ3n) is 7.34. The molecule has 2 aromatic rings. The molecule has 174 valence electrons. The van der Waals surface area contributed by atoms with Crippen molar-refractivity contribution in [3.05, 3.63) is 65.4 Å². The highest BCUT2D eigenvalue weighted by molar-refractivity contribution is 6.09. The minimum absolute atomic E-state index is 0.0277. The lowest BCUT2D eigenvalue weighted by atomic mass is 9.79. The predicted octanol–water partition coefficient (Wildman–Crippen LogP) is 3.54. The molecule has 7 nitrogen and oxygen atoms in total. The molecule has 1 unspecified atom stereocenters. The summed E-state index contributed by atoms with van der Waals surface area (Å²) < 4.78 is 10.8. The zero-order valence-corrected chi connectivity index (χ0v) is 19.4. The predicted molar refractivity (Wildman–Crippen MR) is 123 cm³/mol. The number of hydrogen-bond donors (Lipinski definition) is 0. The Bertz CT molecular complexity index is 1260. The summed E-state index contributed by atoms with van der Waals surface area (Å²) in [5.74, 6) is -0.600. The van der Waals surface area contributed by atoms with E-state index >= 15 is 0 Å². The van der Waals surface area contributed by atoms with Gasteiger partial charge < -0.3 is 14.4 Å². The molecule has 4 aliphatic rings. The van der Waals surface area contributed by atoms with Gasteiger partial charge in [-0.05, 0) is 34.9 Å². The van der Waals surface area contributed by atoms with Crippen LogP contribution in [0.25, 0.3) is 6.08 Å². The number of ketones is 1. The summed E-state index contributed by atoms with van der Waals surface area (Å²) in [6, 6.07) is 12.3. The average Bonchev–Trinajstić information content (AvgIpc) is 3.48. The monoisotopic (exact) mass is 458 g/mol. The van der Waals surface area contributed by atoms with Gasteiger partial charge >= 0.3 is 0 Å². The molecule has 34 heavy (non-hydrogen) atoms. The van der Waals surface area contributed by atoms with E-state index < -0.39 is 23.3 Å². The molecule has 0 spiro atoms.